The number of hydrogen-bond acceptors (Lipinski definition) is 4. The molecule has 0 unspecified atom stereocenters. The number of carbonyl (C=O) groups excluding carboxylic acids is 1. The zero-order chi connectivity index (χ0) is 18.4. The summed E-state index contributed by atoms with van der Waals surface area (Å²) in [7, 11) is 0. The van der Waals surface area contributed by atoms with Crippen molar-refractivity contribution in [3.05, 3.63) is 72.3 Å². The standard InChI is InChI=1S/C21H21NO4/c23-14-4-9-20(16-10-12-17(24)13-11-16)26-21(25)22-19-8-3-6-15-5-1-2-7-18(15)19/h1-3,5-8,10-13,20,23-24H,4,9,14H2,(H,22,25)/t20-/m1/s1. The quantitative estimate of drug-likeness (QED) is 0.606. The van der Waals surface area contributed by atoms with Crippen LogP contribution < -0.4 is 5.32 Å². The molecule has 3 rings (SSSR count). The van der Waals surface area contributed by atoms with Gasteiger partial charge in [0.1, 0.15) is 11.9 Å². The molecule has 5 nitrogen and oxygen atoms in total. The van der Waals surface area contributed by atoms with Gasteiger partial charge < -0.3 is 14.9 Å². The van der Waals surface area contributed by atoms with Crippen LogP contribution in [0.25, 0.3) is 10.8 Å². The number of aromatic hydroxyl groups is 1. The minimum Gasteiger partial charge on any atom is -0.508 e. The first kappa shape index (κ1) is 17.8. The topological polar surface area (TPSA) is 78.8 Å². The highest BCUT2D eigenvalue weighted by molar-refractivity contribution is 6.00. The van der Waals surface area contributed by atoms with Gasteiger partial charge in [-0.15, -0.1) is 0 Å². The molecule has 1 amide bonds. The monoisotopic (exact) mass is 351 g/mol. The molecule has 3 N–H and O–H groups in total. The van der Waals surface area contributed by atoms with Crippen LogP contribution >= 0.6 is 0 Å². The number of carbonyl (C=O) groups is 1. The minimum atomic E-state index is -0.558. The first-order chi connectivity index (χ1) is 12.7. The van der Waals surface area contributed by atoms with Gasteiger partial charge >= 0.3 is 6.09 Å². The number of amides is 1. The van der Waals surface area contributed by atoms with Crippen molar-refractivity contribution in [2.24, 2.45) is 0 Å². The fourth-order valence-electron chi connectivity index (χ4n) is 2.86. The highest BCUT2D eigenvalue weighted by Crippen LogP contribution is 2.27. The highest BCUT2D eigenvalue weighted by atomic mass is 16.6. The first-order valence-electron chi connectivity index (χ1n) is 8.52. The lowest BCUT2D eigenvalue weighted by Crippen LogP contribution is -2.18. The molecule has 3 aromatic carbocycles. The molecule has 134 valence electrons. The normalized spacial score (nSPS) is 11.9. The molecule has 0 aliphatic heterocycles. The average molecular weight is 351 g/mol. The number of benzene rings is 3. The summed E-state index contributed by atoms with van der Waals surface area (Å²) < 4.78 is 5.59. The van der Waals surface area contributed by atoms with E-state index in [1.165, 1.54) is 0 Å². The number of aliphatic hydroxyl groups excluding tert-OH is 1. The van der Waals surface area contributed by atoms with Gasteiger partial charge in [-0.05, 0) is 42.0 Å². The minimum absolute atomic E-state index is 0.0168. The van der Waals surface area contributed by atoms with Gasteiger partial charge in [0.25, 0.3) is 0 Å². The van der Waals surface area contributed by atoms with Crippen LogP contribution in [0.5, 0.6) is 5.75 Å². The van der Waals surface area contributed by atoms with Crippen LogP contribution in [0.2, 0.25) is 0 Å². The Kier molecular flexibility index (Phi) is 5.71. The number of phenolic OH excluding ortho intramolecular Hbond substituents is 1. The molecule has 0 bridgehead atoms. The maximum atomic E-state index is 12.4. The lowest BCUT2D eigenvalue weighted by atomic mass is 10.0. The van der Waals surface area contributed by atoms with Crippen LogP contribution in [0.15, 0.2) is 66.7 Å². The Morgan fingerprint density at radius 1 is 1.00 bits per heavy atom. The van der Waals surface area contributed by atoms with Crippen molar-refractivity contribution < 1.29 is 19.7 Å². The van der Waals surface area contributed by atoms with Crippen LogP contribution in [-0.4, -0.2) is 22.9 Å². The Morgan fingerprint density at radius 2 is 1.73 bits per heavy atom. The van der Waals surface area contributed by atoms with E-state index in [9.17, 15) is 9.90 Å². The highest BCUT2D eigenvalue weighted by Gasteiger charge is 2.17. The lowest BCUT2D eigenvalue weighted by molar-refractivity contribution is 0.0995. The summed E-state index contributed by atoms with van der Waals surface area (Å²) >= 11 is 0. The Hall–Kier alpha value is -3.05. The van der Waals surface area contributed by atoms with Gasteiger partial charge in [0.15, 0.2) is 0 Å². The number of ether oxygens (including phenoxy) is 1. The van der Waals surface area contributed by atoms with E-state index in [-0.39, 0.29) is 12.4 Å². The second kappa shape index (κ2) is 8.36. The molecule has 0 aliphatic rings. The van der Waals surface area contributed by atoms with E-state index in [0.717, 1.165) is 16.3 Å². The molecular weight excluding hydrogens is 330 g/mol. The van der Waals surface area contributed by atoms with Crippen molar-refractivity contribution in [3.8, 4) is 5.75 Å². The molecule has 0 spiro atoms. The Balaban J connectivity index is 1.75. The number of phenols is 1. The van der Waals surface area contributed by atoms with Crippen LogP contribution in [0.3, 0.4) is 0 Å². The third-order valence-electron chi connectivity index (χ3n) is 4.16. The second-order valence-electron chi connectivity index (χ2n) is 6.00. The van der Waals surface area contributed by atoms with Gasteiger partial charge in [0, 0.05) is 12.0 Å². The third kappa shape index (κ3) is 4.32. The molecule has 0 heterocycles. The summed E-state index contributed by atoms with van der Waals surface area (Å²) in [5, 5.41) is 23.3. The number of rotatable bonds is 6. The zero-order valence-corrected chi connectivity index (χ0v) is 14.3. The van der Waals surface area contributed by atoms with Crippen molar-refractivity contribution in [1.82, 2.24) is 0 Å². The van der Waals surface area contributed by atoms with Crippen LogP contribution in [0.4, 0.5) is 10.5 Å². The van der Waals surface area contributed by atoms with Crippen molar-refractivity contribution >= 4 is 22.6 Å². The first-order valence-corrected chi connectivity index (χ1v) is 8.52. The molecule has 0 aromatic heterocycles. The summed E-state index contributed by atoms with van der Waals surface area (Å²) in [4.78, 5) is 12.4. The van der Waals surface area contributed by atoms with E-state index in [1.54, 1.807) is 24.3 Å². The molecule has 26 heavy (non-hydrogen) atoms. The van der Waals surface area contributed by atoms with E-state index in [2.05, 4.69) is 5.32 Å². The summed E-state index contributed by atoms with van der Waals surface area (Å²) in [6.45, 7) is 0.0168. The predicted molar refractivity (Wildman–Crippen MR) is 101 cm³/mol. The fourth-order valence-corrected chi connectivity index (χ4v) is 2.86. The smallest absolute Gasteiger partial charge is 0.412 e. The van der Waals surface area contributed by atoms with Gasteiger partial charge in [-0.25, -0.2) is 4.79 Å². The number of fused-ring (bicyclic) bond motifs is 1. The van der Waals surface area contributed by atoms with Crippen molar-refractivity contribution in [2.75, 3.05) is 11.9 Å². The van der Waals surface area contributed by atoms with Crippen molar-refractivity contribution in [1.29, 1.82) is 0 Å². The Bertz CT molecular complexity index is 871. The molecule has 0 aliphatic carbocycles. The number of aliphatic hydroxyl groups is 1. The van der Waals surface area contributed by atoms with Gasteiger partial charge in [-0.3, -0.25) is 5.32 Å². The van der Waals surface area contributed by atoms with E-state index in [0.29, 0.717) is 18.5 Å². The second-order valence-corrected chi connectivity index (χ2v) is 6.00. The van der Waals surface area contributed by atoms with Crippen molar-refractivity contribution in [3.63, 3.8) is 0 Å². The number of nitrogens with one attached hydrogen (secondary N) is 1. The average Bonchev–Trinajstić information content (AvgIpc) is 2.66. The molecule has 0 saturated heterocycles. The molecule has 0 radical (unpaired) electrons. The van der Waals surface area contributed by atoms with Crippen LogP contribution in [0.1, 0.15) is 24.5 Å². The number of hydrogen-bond donors (Lipinski definition) is 3. The summed E-state index contributed by atoms with van der Waals surface area (Å²) in [5.41, 5.74) is 1.45. The Labute approximate surface area is 151 Å². The van der Waals surface area contributed by atoms with E-state index in [4.69, 9.17) is 9.84 Å². The SMILES string of the molecule is O=C(Nc1cccc2ccccc12)O[C@H](CCCO)c1ccc(O)cc1. The van der Waals surface area contributed by atoms with E-state index < -0.39 is 12.2 Å². The van der Waals surface area contributed by atoms with Crippen LogP contribution in [-0.2, 0) is 4.74 Å². The molecule has 0 saturated carbocycles. The molecule has 1 atom stereocenters. The van der Waals surface area contributed by atoms with Gasteiger partial charge in [-0.1, -0.05) is 48.5 Å². The maximum absolute atomic E-state index is 12.4. The molecular formula is C21H21NO4. The Morgan fingerprint density at radius 3 is 2.50 bits per heavy atom. The number of anilines is 1. The summed E-state index contributed by atoms with van der Waals surface area (Å²) in [5.74, 6) is 0.148. The largest absolute Gasteiger partial charge is 0.508 e. The maximum Gasteiger partial charge on any atom is 0.412 e. The van der Waals surface area contributed by atoms with E-state index >= 15 is 0 Å². The molecule has 5 heteroatoms. The van der Waals surface area contributed by atoms with Gasteiger partial charge in [0.2, 0.25) is 0 Å². The molecule has 3 aromatic rings. The third-order valence-corrected chi connectivity index (χ3v) is 4.16. The molecule has 0 fully saturated rings. The van der Waals surface area contributed by atoms with Gasteiger partial charge in [0.05, 0.1) is 5.69 Å². The van der Waals surface area contributed by atoms with Crippen molar-refractivity contribution in [2.45, 2.75) is 18.9 Å². The van der Waals surface area contributed by atoms with E-state index in [1.807, 2.05) is 42.5 Å². The fraction of sp³-hybridized carbons (Fsp3) is 0.190. The summed E-state index contributed by atoms with van der Waals surface area (Å²) in [6.07, 6.45) is -0.0628. The predicted octanol–water partition coefficient (Wildman–Crippen LogP) is 4.61. The lowest BCUT2D eigenvalue weighted by Gasteiger charge is -2.19. The van der Waals surface area contributed by atoms with Crippen LogP contribution in [0, 0.1) is 0 Å². The summed E-state index contributed by atoms with van der Waals surface area (Å²) in [6, 6.07) is 20.0. The van der Waals surface area contributed by atoms with Gasteiger partial charge in [-0.2, -0.15) is 0 Å². The zero-order valence-electron chi connectivity index (χ0n) is 14.3.